The van der Waals surface area contributed by atoms with Crippen molar-refractivity contribution in [2.75, 3.05) is 13.1 Å². The number of rotatable bonds is 6. The van der Waals surface area contributed by atoms with Crippen molar-refractivity contribution < 1.29 is 0 Å². The Balaban J connectivity index is 1.83. The molecule has 0 saturated carbocycles. The number of nitrogens with one attached hydrogen (secondary N) is 1. The molecule has 19 heavy (non-hydrogen) atoms. The molecule has 1 saturated heterocycles. The zero-order chi connectivity index (χ0) is 13.5. The Bertz CT molecular complexity index is 348. The van der Waals surface area contributed by atoms with Crippen LogP contribution < -0.4 is 5.32 Å². The van der Waals surface area contributed by atoms with E-state index in [0.29, 0.717) is 12.1 Å². The van der Waals surface area contributed by atoms with Crippen molar-refractivity contribution in [2.24, 2.45) is 0 Å². The van der Waals surface area contributed by atoms with Crippen molar-refractivity contribution in [3.63, 3.8) is 0 Å². The Morgan fingerprint density at radius 2 is 2.26 bits per heavy atom. The number of pyridine rings is 1. The highest BCUT2D eigenvalue weighted by atomic mass is 15.2. The molecule has 1 aromatic heterocycles. The van der Waals surface area contributed by atoms with Gasteiger partial charge >= 0.3 is 0 Å². The summed E-state index contributed by atoms with van der Waals surface area (Å²) in [5.74, 6) is 0. The first-order valence-corrected chi connectivity index (χ1v) is 7.69. The Hall–Kier alpha value is -0.930. The molecule has 1 aliphatic rings. The van der Waals surface area contributed by atoms with E-state index in [9.17, 15) is 0 Å². The summed E-state index contributed by atoms with van der Waals surface area (Å²) in [4.78, 5) is 6.76. The summed E-state index contributed by atoms with van der Waals surface area (Å²) in [6.45, 7) is 7.98. The molecule has 3 nitrogen and oxygen atoms in total. The molecule has 1 atom stereocenters. The van der Waals surface area contributed by atoms with Gasteiger partial charge in [0.25, 0.3) is 0 Å². The second-order valence-electron chi connectivity index (χ2n) is 5.62. The van der Waals surface area contributed by atoms with Crippen molar-refractivity contribution in [1.29, 1.82) is 0 Å². The van der Waals surface area contributed by atoms with Crippen LogP contribution in [-0.2, 0) is 6.54 Å². The van der Waals surface area contributed by atoms with Crippen LogP contribution in [0.4, 0.5) is 0 Å². The first kappa shape index (κ1) is 14.5. The molecule has 2 heterocycles. The minimum Gasteiger partial charge on any atom is -0.310 e. The molecule has 0 radical (unpaired) electrons. The average molecular weight is 261 g/mol. The van der Waals surface area contributed by atoms with Crippen molar-refractivity contribution in [2.45, 2.75) is 58.2 Å². The smallest absolute Gasteiger partial charge is 0.0312 e. The predicted molar refractivity (Wildman–Crippen MR) is 80.0 cm³/mol. The van der Waals surface area contributed by atoms with Crippen molar-refractivity contribution in [1.82, 2.24) is 15.2 Å². The molecule has 1 unspecified atom stereocenters. The summed E-state index contributed by atoms with van der Waals surface area (Å²) >= 11 is 0. The second-order valence-corrected chi connectivity index (χ2v) is 5.62. The van der Waals surface area contributed by atoms with E-state index < -0.39 is 0 Å². The standard InChI is InChI=1S/C16H27N3/c1-3-15(4-2)18-16-8-6-10-19(13-16)12-14-7-5-9-17-11-14/h5,7,9,11,15-16,18H,3-4,6,8,10,12-13H2,1-2H3. The monoisotopic (exact) mass is 261 g/mol. The molecule has 0 aliphatic carbocycles. The molecule has 1 fully saturated rings. The van der Waals surface area contributed by atoms with Crippen LogP contribution in [0.1, 0.15) is 45.1 Å². The van der Waals surface area contributed by atoms with Crippen LogP contribution in [0.2, 0.25) is 0 Å². The van der Waals surface area contributed by atoms with Crippen molar-refractivity contribution in [3.05, 3.63) is 30.1 Å². The summed E-state index contributed by atoms with van der Waals surface area (Å²) in [5.41, 5.74) is 1.32. The molecule has 0 spiro atoms. The van der Waals surface area contributed by atoms with Gasteiger partial charge in [-0.2, -0.15) is 0 Å². The molecular weight excluding hydrogens is 234 g/mol. The third kappa shape index (κ3) is 4.59. The number of piperidine rings is 1. The van der Waals surface area contributed by atoms with Gasteiger partial charge in [-0.1, -0.05) is 19.9 Å². The van der Waals surface area contributed by atoms with E-state index in [1.807, 2.05) is 18.5 Å². The largest absolute Gasteiger partial charge is 0.310 e. The number of hydrogen-bond acceptors (Lipinski definition) is 3. The van der Waals surface area contributed by atoms with Crippen LogP contribution in [0, 0.1) is 0 Å². The number of hydrogen-bond donors (Lipinski definition) is 1. The second kappa shape index (κ2) is 7.61. The number of likely N-dealkylation sites (tertiary alicyclic amines) is 1. The normalized spacial score (nSPS) is 20.9. The SMILES string of the molecule is CCC(CC)NC1CCCN(Cc2cccnc2)C1. The molecule has 106 valence electrons. The Labute approximate surface area is 117 Å². The zero-order valence-corrected chi connectivity index (χ0v) is 12.3. The molecule has 3 heteroatoms. The van der Waals surface area contributed by atoms with Gasteiger partial charge in [0.05, 0.1) is 0 Å². The topological polar surface area (TPSA) is 28.2 Å². The fourth-order valence-electron chi connectivity index (χ4n) is 2.94. The Morgan fingerprint density at radius 3 is 2.95 bits per heavy atom. The lowest BCUT2D eigenvalue weighted by molar-refractivity contribution is 0.174. The van der Waals surface area contributed by atoms with Gasteiger partial charge in [0.2, 0.25) is 0 Å². The van der Waals surface area contributed by atoms with E-state index in [4.69, 9.17) is 0 Å². The minimum atomic E-state index is 0.662. The molecule has 0 amide bonds. The summed E-state index contributed by atoms with van der Waals surface area (Å²) < 4.78 is 0. The first-order chi connectivity index (χ1) is 9.31. The lowest BCUT2D eigenvalue weighted by Gasteiger charge is -2.35. The van der Waals surface area contributed by atoms with Crippen molar-refractivity contribution in [3.8, 4) is 0 Å². The van der Waals surface area contributed by atoms with E-state index in [-0.39, 0.29) is 0 Å². The molecular formula is C16H27N3. The van der Waals surface area contributed by atoms with Crippen LogP contribution in [-0.4, -0.2) is 35.1 Å². The van der Waals surface area contributed by atoms with Gasteiger partial charge in [0.1, 0.15) is 0 Å². The summed E-state index contributed by atoms with van der Waals surface area (Å²) in [6.07, 6.45) is 8.92. The highest BCUT2D eigenvalue weighted by molar-refractivity contribution is 5.08. The molecule has 2 rings (SSSR count). The van der Waals surface area contributed by atoms with Crippen LogP contribution in [0.25, 0.3) is 0 Å². The van der Waals surface area contributed by atoms with Crippen molar-refractivity contribution >= 4 is 0 Å². The number of aromatic nitrogens is 1. The molecule has 0 bridgehead atoms. The van der Waals surface area contributed by atoms with Gasteiger partial charge in [-0.25, -0.2) is 0 Å². The third-order valence-corrected chi connectivity index (χ3v) is 4.09. The predicted octanol–water partition coefficient (Wildman–Crippen LogP) is 2.82. The lowest BCUT2D eigenvalue weighted by Crippen LogP contribution is -2.48. The quantitative estimate of drug-likeness (QED) is 0.853. The third-order valence-electron chi connectivity index (χ3n) is 4.09. The van der Waals surface area contributed by atoms with Gasteiger partial charge < -0.3 is 5.32 Å². The highest BCUT2D eigenvalue weighted by Gasteiger charge is 2.21. The Morgan fingerprint density at radius 1 is 1.42 bits per heavy atom. The van der Waals surface area contributed by atoms with E-state index in [1.165, 1.54) is 44.3 Å². The van der Waals surface area contributed by atoms with E-state index >= 15 is 0 Å². The van der Waals surface area contributed by atoms with Crippen LogP contribution in [0.5, 0.6) is 0 Å². The van der Waals surface area contributed by atoms with Crippen LogP contribution >= 0.6 is 0 Å². The fourth-order valence-corrected chi connectivity index (χ4v) is 2.94. The zero-order valence-electron chi connectivity index (χ0n) is 12.3. The van der Waals surface area contributed by atoms with E-state index in [0.717, 1.165) is 6.54 Å². The molecule has 1 N–H and O–H groups in total. The first-order valence-electron chi connectivity index (χ1n) is 7.69. The lowest BCUT2D eigenvalue weighted by atomic mass is 10.0. The van der Waals surface area contributed by atoms with Gasteiger partial charge in [-0.05, 0) is 43.9 Å². The van der Waals surface area contributed by atoms with Gasteiger partial charge in [-0.3, -0.25) is 9.88 Å². The highest BCUT2D eigenvalue weighted by Crippen LogP contribution is 2.14. The summed E-state index contributed by atoms with van der Waals surface area (Å²) in [6, 6.07) is 5.54. The van der Waals surface area contributed by atoms with Crippen LogP contribution in [0.15, 0.2) is 24.5 Å². The Kier molecular flexibility index (Phi) is 5.80. The van der Waals surface area contributed by atoms with Gasteiger partial charge in [0, 0.05) is 37.6 Å². The molecule has 0 aromatic carbocycles. The van der Waals surface area contributed by atoms with E-state index in [2.05, 4.69) is 35.1 Å². The summed E-state index contributed by atoms with van der Waals surface area (Å²) in [5, 5.41) is 3.81. The van der Waals surface area contributed by atoms with Gasteiger partial charge in [0.15, 0.2) is 0 Å². The van der Waals surface area contributed by atoms with E-state index in [1.54, 1.807) is 0 Å². The molecule has 1 aliphatic heterocycles. The molecule has 1 aromatic rings. The fraction of sp³-hybridized carbons (Fsp3) is 0.688. The number of nitrogens with zero attached hydrogens (tertiary/aromatic N) is 2. The maximum Gasteiger partial charge on any atom is 0.0312 e. The maximum atomic E-state index is 4.20. The van der Waals surface area contributed by atoms with Crippen LogP contribution in [0.3, 0.4) is 0 Å². The average Bonchev–Trinajstić information content (AvgIpc) is 2.46. The summed E-state index contributed by atoms with van der Waals surface area (Å²) in [7, 11) is 0. The minimum absolute atomic E-state index is 0.662. The maximum absolute atomic E-state index is 4.20. The van der Waals surface area contributed by atoms with Gasteiger partial charge in [-0.15, -0.1) is 0 Å².